The zero-order valence-corrected chi connectivity index (χ0v) is 13.4. The second kappa shape index (κ2) is 7.37. The van der Waals surface area contributed by atoms with Crippen LogP contribution in [0.5, 0.6) is 0 Å². The molecule has 21 heavy (non-hydrogen) atoms. The predicted octanol–water partition coefficient (Wildman–Crippen LogP) is 4.05. The summed E-state index contributed by atoms with van der Waals surface area (Å²) < 4.78 is 13.7. The average molecular weight is 292 g/mol. The summed E-state index contributed by atoms with van der Waals surface area (Å²) in [5.41, 5.74) is 7.50. The molecule has 118 valence electrons. The van der Waals surface area contributed by atoms with Crippen molar-refractivity contribution in [3.8, 4) is 0 Å². The molecule has 0 amide bonds. The first-order valence-electron chi connectivity index (χ1n) is 8.35. The molecule has 0 atom stereocenters. The van der Waals surface area contributed by atoms with E-state index in [1.165, 1.54) is 37.7 Å². The van der Waals surface area contributed by atoms with E-state index in [-0.39, 0.29) is 11.4 Å². The van der Waals surface area contributed by atoms with Crippen molar-refractivity contribution in [2.45, 2.75) is 63.3 Å². The van der Waals surface area contributed by atoms with E-state index >= 15 is 0 Å². The second-order valence-electron chi connectivity index (χ2n) is 6.34. The lowest BCUT2D eigenvalue weighted by molar-refractivity contribution is 0.201. The van der Waals surface area contributed by atoms with Crippen molar-refractivity contribution in [2.75, 3.05) is 13.6 Å². The topological polar surface area (TPSA) is 38.0 Å². The number of nitrogens with one attached hydrogen (secondary N) is 1. The molecule has 1 aromatic rings. The van der Waals surface area contributed by atoms with E-state index < -0.39 is 0 Å². The van der Waals surface area contributed by atoms with Gasteiger partial charge in [-0.1, -0.05) is 25.5 Å². The van der Waals surface area contributed by atoms with Crippen molar-refractivity contribution in [3.05, 3.63) is 35.1 Å². The summed E-state index contributed by atoms with van der Waals surface area (Å²) in [5, 5.41) is 3.41. The first-order chi connectivity index (χ1) is 10.2. The lowest BCUT2D eigenvalue weighted by Gasteiger charge is -2.42. The van der Waals surface area contributed by atoms with Crippen LogP contribution in [0.4, 0.5) is 4.39 Å². The lowest BCUT2D eigenvalue weighted by Crippen LogP contribution is -2.46. The number of rotatable bonds is 5. The minimum absolute atomic E-state index is 0.0168. The maximum absolute atomic E-state index is 13.7. The zero-order chi connectivity index (χ0) is 15.3. The van der Waals surface area contributed by atoms with Gasteiger partial charge in [-0.15, -0.1) is 0 Å². The summed E-state index contributed by atoms with van der Waals surface area (Å²) in [6, 6.07) is 5.71. The largest absolute Gasteiger partial charge is 0.330 e. The molecule has 2 aliphatic rings. The fourth-order valence-electron chi connectivity index (χ4n) is 2.97. The Morgan fingerprint density at radius 1 is 1.33 bits per heavy atom. The highest BCUT2D eigenvalue weighted by Crippen LogP contribution is 2.45. The minimum atomic E-state index is -0.0168. The number of nitrogens with two attached hydrogens (primary N) is 1. The van der Waals surface area contributed by atoms with Gasteiger partial charge in [0.1, 0.15) is 5.82 Å². The van der Waals surface area contributed by atoms with Crippen LogP contribution < -0.4 is 11.1 Å². The zero-order valence-electron chi connectivity index (χ0n) is 13.4. The van der Waals surface area contributed by atoms with Gasteiger partial charge >= 0.3 is 0 Å². The quantitative estimate of drug-likeness (QED) is 0.859. The molecular weight excluding hydrogens is 263 g/mol. The third-order valence-electron chi connectivity index (χ3n) is 4.81. The smallest absolute Gasteiger partial charge is 0.126 e. The molecule has 2 nitrogen and oxygen atoms in total. The predicted molar refractivity (Wildman–Crippen MR) is 86.9 cm³/mol. The van der Waals surface area contributed by atoms with Crippen LogP contribution in [0.3, 0.4) is 0 Å². The highest BCUT2D eigenvalue weighted by atomic mass is 19.1. The van der Waals surface area contributed by atoms with Gasteiger partial charge in [0.05, 0.1) is 0 Å². The molecule has 3 heteroatoms. The van der Waals surface area contributed by atoms with Crippen molar-refractivity contribution in [2.24, 2.45) is 5.73 Å². The SMILES string of the molecule is CCCCN.CNC1(c2ccc(F)c(C3CC3)c2)CCC1. The molecule has 2 saturated carbocycles. The Morgan fingerprint density at radius 3 is 2.43 bits per heavy atom. The first-order valence-corrected chi connectivity index (χ1v) is 8.35. The summed E-state index contributed by atoms with van der Waals surface area (Å²) in [6.45, 7) is 2.98. The van der Waals surface area contributed by atoms with Crippen LogP contribution in [0.2, 0.25) is 0 Å². The summed E-state index contributed by atoms with van der Waals surface area (Å²) in [5.74, 6) is 0.478. The van der Waals surface area contributed by atoms with Gasteiger partial charge in [0.15, 0.2) is 0 Å². The molecule has 0 heterocycles. The van der Waals surface area contributed by atoms with E-state index in [0.29, 0.717) is 5.92 Å². The molecule has 0 spiro atoms. The Bertz CT molecular complexity index is 443. The van der Waals surface area contributed by atoms with Crippen molar-refractivity contribution < 1.29 is 4.39 Å². The van der Waals surface area contributed by atoms with Crippen LogP contribution in [0.15, 0.2) is 18.2 Å². The van der Waals surface area contributed by atoms with Gasteiger partial charge in [0, 0.05) is 5.54 Å². The van der Waals surface area contributed by atoms with Crippen LogP contribution in [0.1, 0.15) is 68.9 Å². The van der Waals surface area contributed by atoms with E-state index in [4.69, 9.17) is 5.73 Å². The molecule has 0 aromatic heterocycles. The summed E-state index contributed by atoms with van der Waals surface area (Å²) in [7, 11) is 2.01. The highest BCUT2D eigenvalue weighted by Gasteiger charge is 2.38. The number of hydrogen-bond donors (Lipinski definition) is 2. The standard InChI is InChI=1S/C14H18FN.C4H11N/c1-16-14(7-2-8-14)11-5-6-13(15)12(9-11)10-3-4-10;1-2-3-4-5/h5-6,9-10,16H,2-4,7-8H2,1H3;2-5H2,1H3. The molecule has 0 bridgehead atoms. The van der Waals surface area contributed by atoms with Gasteiger partial charge < -0.3 is 11.1 Å². The number of unbranched alkanes of at least 4 members (excludes halogenated alkanes) is 1. The Balaban J connectivity index is 0.000000282. The lowest BCUT2D eigenvalue weighted by atomic mass is 9.71. The first kappa shape index (κ1) is 16.4. The monoisotopic (exact) mass is 292 g/mol. The molecule has 3 rings (SSSR count). The maximum Gasteiger partial charge on any atom is 0.126 e. The number of halogens is 1. The number of benzene rings is 1. The van der Waals surface area contributed by atoms with Gasteiger partial charge in [-0.2, -0.15) is 0 Å². The van der Waals surface area contributed by atoms with Crippen molar-refractivity contribution in [1.82, 2.24) is 5.32 Å². The fraction of sp³-hybridized carbons (Fsp3) is 0.667. The molecule has 2 fully saturated rings. The van der Waals surface area contributed by atoms with Crippen LogP contribution in [0.25, 0.3) is 0 Å². The Morgan fingerprint density at radius 2 is 2.05 bits per heavy atom. The van der Waals surface area contributed by atoms with Gasteiger partial charge in [-0.05, 0) is 75.2 Å². The average Bonchev–Trinajstić information content (AvgIpc) is 3.26. The highest BCUT2D eigenvalue weighted by molar-refractivity contribution is 5.35. The van der Waals surface area contributed by atoms with Crippen molar-refractivity contribution in [3.63, 3.8) is 0 Å². The molecule has 2 aliphatic carbocycles. The van der Waals surface area contributed by atoms with Gasteiger partial charge in [0.25, 0.3) is 0 Å². The van der Waals surface area contributed by atoms with Crippen molar-refractivity contribution in [1.29, 1.82) is 0 Å². The summed E-state index contributed by atoms with van der Waals surface area (Å²) in [4.78, 5) is 0. The van der Waals surface area contributed by atoms with E-state index in [1.54, 1.807) is 6.07 Å². The molecule has 0 saturated heterocycles. The van der Waals surface area contributed by atoms with Gasteiger partial charge in [-0.3, -0.25) is 0 Å². The van der Waals surface area contributed by atoms with E-state index in [1.807, 2.05) is 13.1 Å². The third-order valence-corrected chi connectivity index (χ3v) is 4.81. The Hall–Kier alpha value is -0.930. The van der Waals surface area contributed by atoms with Gasteiger partial charge in [0.2, 0.25) is 0 Å². The summed E-state index contributed by atoms with van der Waals surface area (Å²) >= 11 is 0. The van der Waals surface area contributed by atoms with E-state index in [2.05, 4.69) is 18.3 Å². The Labute approximate surface area is 128 Å². The normalized spacial score (nSPS) is 19.4. The third kappa shape index (κ3) is 3.83. The molecule has 0 unspecified atom stereocenters. The van der Waals surface area contributed by atoms with Crippen LogP contribution >= 0.6 is 0 Å². The van der Waals surface area contributed by atoms with Crippen LogP contribution in [0, 0.1) is 5.82 Å². The van der Waals surface area contributed by atoms with Crippen LogP contribution in [-0.2, 0) is 5.54 Å². The molecule has 3 N–H and O–H groups in total. The maximum atomic E-state index is 13.7. The van der Waals surface area contributed by atoms with Gasteiger partial charge in [-0.25, -0.2) is 4.39 Å². The second-order valence-corrected chi connectivity index (χ2v) is 6.34. The molecule has 1 aromatic carbocycles. The molecule has 0 radical (unpaired) electrons. The fourth-order valence-corrected chi connectivity index (χ4v) is 2.97. The number of hydrogen-bond acceptors (Lipinski definition) is 2. The van der Waals surface area contributed by atoms with Crippen molar-refractivity contribution >= 4 is 0 Å². The van der Waals surface area contributed by atoms with E-state index in [0.717, 1.165) is 24.9 Å². The van der Waals surface area contributed by atoms with Crippen LogP contribution in [-0.4, -0.2) is 13.6 Å². The summed E-state index contributed by atoms with van der Waals surface area (Å²) in [6.07, 6.45) is 8.34. The minimum Gasteiger partial charge on any atom is -0.330 e. The van der Waals surface area contributed by atoms with E-state index in [9.17, 15) is 4.39 Å². The molecule has 0 aliphatic heterocycles. The molecular formula is C18H29FN2. The Kier molecular flexibility index (Phi) is 5.77.